The number of halogens is 1. The lowest BCUT2D eigenvalue weighted by Crippen LogP contribution is -2.18. The third-order valence-corrected chi connectivity index (χ3v) is 1.60. The molecular formula is C8H7ClNO2. The molecule has 0 aliphatic heterocycles. The molecule has 1 amide bonds. The first kappa shape index (κ1) is 8.87. The van der Waals surface area contributed by atoms with Crippen LogP contribution in [0.4, 0.5) is 4.79 Å². The van der Waals surface area contributed by atoms with Gasteiger partial charge in [-0.1, -0.05) is 23.7 Å². The minimum atomic E-state index is -1.27. The molecule has 12 heavy (non-hydrogen) atoms. The summed E-state index contributed by atoms with van der Waals surface area (Å²) in [6.45, 7) is 0.250. The second kappa shape index (κ2) is 3.97. The molecule has 0 aromatic heterocycles. The Morgan fingerprint density at radius 2 is 1.92 bits per heavy atom. The Bertz CT molecular complexity index is 271. The Morgan fingerprint density at radius 1 is 1.33 bits per heavy atom. The first-order valence-electron chi connectivity index (χ1n) is 3.38. The summed E-state index contributed by atoms with van der Waals surface area (Å²) in [5.41, 5.74) is 0.851. The van der Waals surface area contributed by atoms with Gasteiger partial charge in [0.15, 0.2) is 0 Å². The van der Waals surface area contributed by atoms with Crippen LogP contribution in [0.2, 0.25) is 5.02 Å². The molecule has 3 nitrogen and oxygen atoms in total. The molecule has 63 valence electrons. The summed E-state index contributed by atoms with van der Waals surface area (Å²) in [6.07, 6.45) is -1.27. The Morgan fingerprint density at radius 3 is 2.42 bits per heavy atom. The zero-order chi connectivity index (χ0) is 8.97. The molecule has 0 aliphatic rings. The van der Waals surface area contributed by atoms with Crippen molar-refractivity contribution in [3.05, 3.63) is 34.9 Å². The highest BCUT2D eigenvalue weighted by Gasteiger charge is 1.97. The Hall–Kier alpha value is -1.22. The summed E-state index contributed by atoms with van der Waals surface area (Å²) in [5, 5.41) is 12.8. The average molecular weight is 185 g/mol. The van der Waals surface area contributed by atoms with E-state index in [1.807, 2.05) is 0 Å². The molecule has 0 atom stereocenters. The van der Waals surface area contributed by atoms with Gasteiger partial charge in [-0.25, -0.2) is 9.90 Å². The van der Waals surface area contributed by atoms with Gasteiger partial charge in [-0.3, -0.25) is 0 Å². The van der Waals surface area contributed by atoms with E-state index in [9.17, 15) is 9.90 Å². The van der Waals surface area contributed by atoms with Crippen LogP contribution in [-0.2, 0) is 11.7 Å². The normalized spacial score (nSPS) is 9.42. The van der Waals surface area contributed by atoms with Gasteiger partial charge in [-0.2, -0.15) is 0 Å². The molecule has 1 N–H and O–H groups in total. The number of amides is 1. The molecule has 0 heterocycles. The van der Waals surface area contributed by atoms with Gasteiger partial charge in [0.2, 0.25) is 0 Å². The van der Waals surface area contributed by atoms with E-state index < -0.39 is 6.09 Å². The standard InChI is InChI=1S/C8H7ClNO2/c9-7-3-1-6(2-4-7)5-10-8(11)12/h1-4,10H,5H2. The number of nitrogens with one attached hydrogen (secondary N) is 1. The monoisotopic (exact) mass is 184 g/mol. The quantitative estimate of drug-likeness (QED) is 0.751. The fourth-order valence-corrected chi connectivity index (χ4v) is 0.902. The average Bonchev–Trinajstić information content (AvgIpc) is 2.03. The first-order chi connectivity index (χ1) is 5.68. The van der Waals surface area contributed by atoms with Crippen LogP contribution in [0.1, 0.15) is 5.56 Å². The van der Waals surface area contributed by atoms with Crippen LogP contribution in [0.3, 0.4) is 0 Å². The van der Waals surface area contributed by atoms with Crippen molar-refractivity contribution in [2.45, 2.75) is 6.54 Å². The van der Waals surface area contributed by atoms with Crippen LogP contribution in [0, 0.1) is 0 Å². The molecule has 0 spiro atoms. The molecule has 1 radical (unpaired) electrons. The topological polar surface area (TPSA) is 49.0 Å². The lowest BCUT2D eigenvalue weighted by molar-refractivity contribution is 0.168. The van der Waals surface area contributed by atoms with E-state index in [4.69, 9.17) is 11.6 Å². The van der Waals surface area contributed by atoms with Crippen LogP contribution in [0.5, 0.6) is 0 Å². The van der Waals surface area contributed by atoms with E-state index >= 15 is 0 Å². The highest BCUT2D eigenvalue weighted by molar-refractivity contribution is 6.30. The Kier molecular flexibility index (Phi) is 2.94. The van der Waals surface area contributed by atoms with Crippen molar-refractivity contribution < 1.29 is 9.90 Å². The molecule has 0 saturated carbocycles. The van der Waals surface area contributed by atoms with Gasteiger partial charge in [0.25, 0.3) is 0 Å². The molecule has 1 aromatic rings. The van der Waals surface area contributed by atoms with Crippen LogP contribution in [-0.4, -0.2) is 6.09 Å². The minimum Gasteiger partial charge on any atom is -0.314 e. The maximum absolute atomic E-state index is 9.99. The summed E-state index contributed by atoms with van der Waals surface area (Å²) in [6, 6.07) is 6.90. The van der Waals surface area contributed by atoms with E-state index in [2.05, 4.69) is 5.32 Å². The minimum absolute atomic E-state index is 0.250. The zero-order valence-corrected chi connectivity index (χ0v) is 6.97. The summed E-state index contributed by atoms with van der Waals surface area (Å²) < 4.78 is 0. The van der Waals surface area contributed by atoms with Crippen molar-refractivity contribution >= 4 is 17.7 Å². The fraction of sp³-hybridized carbons (Fsp3) is 0.125. The van der Waals surface area contributed by atoms with E-state index in [1.54, 1.807) is 24.3 Å². The van der Waals surface area contributed by atoms with Crippen molar-refractivity contribution in [1.82, 2.24) is 5.32 Å². The maximum atomic E-state index is 9.99. The summed E-state index contributed by atoms with van der Waals surface area (Å²) in [7, 11) is 0. The van der Waals surface area contributed by atoms with E-state index in [0.717, 1.165) is 5.56 Å². The highest BCUT2D eigenvalue weighted by Crippen LogP contribution is 2.08. The maximum Gasteiger partial charge on any atom is 0.450 e. The first-order valence-corrected chi connectivity index (χ1v) is 3.75. The lowest BCUT2D eigenvalue weighted by Gasteiger charge is -1.99. The van der Waals surface area contributed by atoms with E-state index in [0.29, 0.717) is 5.02 Å². The summed E-state index contributed by atoms with van der Waals surface area (Å²) >= 11 is 5.63. The number of carbonyl (C=O) groups is 1. The Balaban J connectivity index is 2.53. The van der Waals surface area contributed by atoms with Gasteiger partial charge in [0.1, 0.15) is 0 Å². The summed E-state index contributed by atoms with van der Waals surface area (Å²) in [4.78, 5) is 9.99. The Labute approximate surface area is 75.0 Å². The highest BCUT2D eigenvalue weighted by atomic mass is 35.5. The molecule has 0 unspecified atom stereocenters. The van der Waals surface area contributed by atoms with Gasteiger partial charge in [-0.15, -0.1) is 0 Å². The molecule has 0 aliphatic carbocycles. The van der Waals surface area contributed by atoms with Crippen molar-refractivity contribution in [3.8, 4) is 0 Å². The lowest BCUT2D eigenvalue weighted by atomic mass is 10.2. The fourth-order valence-electron chi connectivity index (χ4n) is 0.776. The molecule has 4 heteroatoms. The predicted molar refractivity (Wildman–Crippen MR) is 44.4 cm³/mol. The van der Waals surface area contributed by atoms with E-state index in [-0.39, 0.29) is 6.54 Å². The molecule has 0 bridgehead atoms. The molecule has 0 saturated heterocycles. The number of hydrogen-bond donors (Lipinski definition) is 1. The van der Waals surface area contributed by atoms with Crippen LogP contribution >= 0.6 is 11.6 Å². The SMILES string of the molecule is [O]C(=O)NCc1ccc(Cl)cc1. The van der Waals surface area contributed by atoms with Crippen LogP contribution < -0.4 is 5.32 Å². The van der Waals surface area contributed by atoms with Crippen LogP contribution in [0.25, 0.3) is 0 Å². The second-order valence-electron chi connectivity index (χ2n) is 2.27. The third kappa shape index (κ3) is 2.80. The molecule has 1 rings (SSSR count). The van der Waals surface area contributed by atoms with Gasteiger partial charge >= 0.3 is 6.09 Å². The van der Waals surface area contributed by atoms with Gasteiger partial charge in [-0.05, 0) is 17.7 Å². The number of rotatable bonds is 2. The number of carbonyl (C=O) groups excluding carboxylic acids is 1. The molecular weight excluding hydrogens is 178 g/mol. The largest absolute Gasteiger partial charge is 0.450 e. The van der Waals surface area contributed by atoms with Crippen molar-refractivity contribution in [2.75, 3.05) is 0 Å². The van der Waals surface area contributed by atoms with Gasteiger partial charge in [0.05, 0.1) is 0 Å². The third-order valence-electron chi connectivity index (χ3n) is 1.35. The van der Waals surface area contributed by atoms with Crippen LogP contribution in [0.15, 0.2) is 24.3 Å². The number of hydrogen-bond acceptors (Lipinski definition) is 1. The summed E-state index contributed by atoms with van der Waals surface area (Å²) in [5.74, 6) is 0. The predicted octanol–water partition coefficient (Wildman–Crippen LogP) is 1.98. The van der Waals surface area contributed by atoms with Gasteiger partial charge in [0, 0.05) is 11.6 Å². The van der Waals surface area contributed by atoms with Crippen molar-refractivity contribution in [2.24, 2.45) is 0 Å². The van der Waals surface area contributed by atoms with E-state index in [1.165, 1.54) is 0 Å². The zero-order valence-electron chi connectivity index (χ0n) is 6.21. The number of benzene rings is 1. The molecule has 0 fully saturated rings. The van der Waals surface area contributed by atoms with Gasteiger partial charge < -0.3 is 5.32 Å². The van der Waals surface area contributed by atoms with Crippen molar-refractivity contribution in [1.29, 1.82) is 0 Å². The smallest absolute Gasteiger partial charge is 0.314 e. The molecule has 1 aromatic carbocycles. The second-order valence-corrected chi connectivity index (χ2v) is 2.70. The van der Waals surface area contributed by atoms with Crippen molar-refractivity contribution in [3.63, 3.8) is 0 Å².